The van der Waals surface area contributed by atoms with Crippen LogP contribution < -0.4 is 5.32 Å². The minimum absolute atomic E-state index is 0.597. The topological polar surface area (TPSA) is 79.4 Å². The normalized spacial score (nSPS) is 11.1. The van der Waals surface area contributed by atoms with Gasteiger partial charge in [0.2, 0.25) is 0 Å². The minimum Gasteiger partial charge on any atom is -0.370 e. The van der Waals surface area contributed by atoms with Gasteiger partial charge in [-0.15, -0.1) is 0 Å². The number of aromatic nitrogens is 5. The number of aromatic amines is 1. The molecule has 0 saturated carbocycles. The second-order valence-corrected chi connectivity index (χ2v) is 7.91. The Labute approximate surface area is 186 Å². The van der Waals surface area contributed by atoms with Gasteiger partial charge >= 0.3 is 0 Å². The predicted octanol–water partition coefficient (Wildman–Crippen LogP) is 5.35. The smallest absolute Gasteiger partial charge is 0.180 e. The first-order valence-corrected chi connectivity index (χ1v) is 10.7. The van der Waals surface area contributed by atoms with Gasteiger partial charge in [-0.25, -0.2) is 15.0 Å². The monoisotopic (exact) mass is 420 g/mol. The van der Waals surface area contributed by atoms with Crippen LogP contribution >= 0.6 is 0 Å². The molecule has 0 aliphatic rings. The number of aryl methyl sites for hydroxylation is 2. The molecule has 0 atom stereocenters. The molecule has 32 heavy (non-hydrogen) atoms. The lowest BCUT2D eigenvalue weighted by atomic mass is 10.1. The number of nitrogens with zero attached hydrogens (tertiary/aromatic N) is 4. The van der Waals surface area contributed by atoms with Crippen LogP contribution in [0.15, 0.2) is 73.2 Å². The summed E-state index contributed by atoms with van der Waals surface area (Å²) >= 11 is 0. The summed E-state index contributed by atoms with van der Waals surface area (Å²) in [5.41, 5.74) is 7.16. The Kier molecular flexibility index (Phi) is 5.34. The lowest BCUT2D eigenvalue weighted by Crippen LogP contribution is -2.08. The number of hydrogen-bond acceptors (Lipinski definition) is 5. The molecule has 0 aliphatic heterocycles. The quantitative estimate of drug-likeness (QED) is 0.387. The second kappa shape index (κ2) is 8.59. The van der Waals surface area contributed by atoms with E-state index in [-0.39, 0.29) is 0 Å². The number of H-pyrrole nitrogens is 1. The van der Waals surface area contributed by atoms with Crippen molar-refractivity contribution in [3.63, 3.8) is 0 Å². The zero-order valence-electron chi connectivity index (χ0n) is 18.1. The van der Waals surface area contributed by atoms with Crippen LogP contribution in [-0.2, 0) is 6.42 Å². The maximum absolute atomic E-state index is 4.76. The Morgan fingerprint density at radius 2 is 1.84 bits per heavy atom. The van der Waals surface area contributed by atoms with Gasteiger partial charge in [0.15, 0.2) is 5.82 Å². The van der Waals surface area contributed by atoms with E-state index in [1.54, 1.807) is 6.20 Å². The number of fused-ring (bicyclic) bond motifs is 1. The van der Waals surface area contributed by atoms with Crippen LogP contribution in [0.2, 0.25) is 0 Å². The average molecular weight is 421 g/mol. The third-order valence-corrected chi connectivity index (χ3v) is 5.42. The Balaban J connectivity index is 1.42. The van der Waals surface area contributed by atoms with Crippen LogP contribution in [0.5, 0.6) is 0 Å². The van der Waals surface area contributed by atoms with Crippen molar-refractivity contribution in [1.29, 1.82) is 0 Å². The number of anilines is 1. The van der Waals surface area contributed by atoms with Crippen molar-refractivity contribution in [2.75, 3.05) is 11.9 Å². The van der Waals surface area contributed by atoms with E-state index in [0.29, 0.717) is 5.82 Å². The molecule has 2 N–H and O–H groups in total. The molecule has 6 nitrogen and oxygen atoms in total. The summed E-state index contributed by atoms with van der Waals surface area (Å²) in [7, 11) is 0. The Morgan fingerprint density at radius 1 is 0.906 bits per heavy atom. The summed E-state index contributed by atoms with van der Waals surface area (Å²) in [6.45, 7) is 4.83. The zero-order chi connectivity index (χ0) is 21.9. The van der Waals surface area contributed by atoms with Crippen molar-refractivity contribution in [3.05, 3.63) is 90.0 Å². The summed E-state index contributed by atoms with van der Waals surface area (Å²) in [4.78, 5) is 21.7. The molecule has 0 saturated heterocycles. The fourth-order valence-electron chi connectivity index (χ4n) is 3.81. The molecule has 0 radical (unpaired) electrons. The highest BCUT2D eigenvalue weighted by atomic mass is 15.0. The molecule has 5 aromatic rings. The molecule has 1 aromatic carbocycles. The average Bonchev–Trinajstić information content (AvgIpc) is 3.21. The summed E-state index contributed by atoms with van der Waals surface area (Å²) in [5, 5.41) is 4.75. The molecule has 5 rings (SSSR count). The summed E-state index contributed by atoms with van der Waals surface area (Å²) in [6, 6.07) is 18.3. The van der Waals surface area contributed by atoms with Gasteiger partial charge in [0.25, 0.3) is 0 Å². The Hall–Kier alpha value is -4.06. The highest BCUT2D eigenvalue weighted by Gasteiger charge is 2.11. The van der Waals surface area contributed by atoms with Crippen molar-refractivity contribution in [2.24, 2.45) is 0 Å². The van der Waals surface area contributed by atoms with Crippen molar-refractivity contribution in [2.45, 2.75) is 20.3 Å². The van der Waals surface area contributed by atoms with E-state index in [0.717, 1.165) is 41.4 Å². The number of rotatable bonds is 6. The summed E-state index contributed by atoms with van der Waals surface area (Å²) in [6.07, 6.45) is 6.55. The van der Waals surface area contributed by atoms with Crippen molar-refractivity contribution >= 4 is 16.7 Å². The van der Waals surface area contributed by atoms with E-state index in [4.69, 9.17) is 9.97 Å². The highest BCUT2D eigenvalue weighted by molar-refractivity contribution is 5.83. The number of hydrogen-bond donors (Lipinski definition) is 2. The molecule has 0 spiro atoms. The van der Waals surface area contributed by atoms with E-state index in [2.05, 4.69) is 51.6 Å². The van der Waals surface area contributed by atoms with Gasteiger partial charge < -0.3 is 10.3 Å². The fraction of sp³-hybridized carbons (Fsp3) is 0.154. The van der Waals surface area contributed by atoms with Crippen LogP contribution in [0, 0.1) is 13.8 Å². The Morgan fingerprint density at radius 3 is 2.69 bits per heavy atom. The fourth-order valence-corrected chi connectivity index (χ4v) is 3.81. The molecule has 0 bridgehead atoms. The lowest BCUT2D eigenvalue weighted by Gasteiger charge is -2.10. The molecule has 158 valence electrons. The molecule has 6 heteroatoms. The van der Waals surface area contributed by atoms with Crippen LogP contribution in [-0.4, -0.2) is 31.5 Å². The summed E-state index contributed by atoms with van der Waals surface area (Å²) in [5.74, 6) is 1.37. The lowest BCUT2D eigenvalue weighted by molar-refractivity contribution is 1.01. The van der Waals surface area contributed by atoms with Gasteiger partial charge in [-0.2, -0.15) is 0 Å². The molecule has 0 aliphatic carbocycles. The highest BCUT2D eigenvalue weighted by Crippen LogP contribution is 2.24. The number of benzene rings is 1. The molecule has 0 unspecified atom stereocenters. The van der Waals surface area contributed by atoms with Crippen molar-refractivity contribution < 1.29 is 0 Å². The first-order valence-electron chi connectivity index (χ1n) is 10.7. The maximum Gasteiger partial charge on any atom is 0.180 e. The number of pyridine rings is 2. The molecule has 0 fully saturated rings. The zero-order valence-corrected chi connectivity index (χ0v) is 18.1. The molecule has 4 aromatic heterocycles. The first kappa shape index (κ1) is 19.9. The minimum atomic E-state index is 0.597. The van der Waals surface area contributed by atoms with Gasteiger partial charge in [0, 0.05) is 53.4 Å². The molecule has 4 heterocycles. The first-order chi connectivity index (χ1) is 15.7. The van der Waals surface area contributed by atoms with Gasteiger partial charge in [-0.3, -0.25) is 4.98 Å². The molecule has 0 amide bonds. The predicted molar refractivity (Wildman–Crippen MR) is 128 cm³/mol. The van der Waals surface area contributed by atoms with Gasteiger partial charge in [-0.05, 0) is 61.7 Å². The summed E-state index contributed by atoms with van der Waals surface area (Å²) < 4.78 is 0. The van der Waals surface area contributed by atoms with Crippen molar-refractivity contribution in [1.82, 2.24) is 24.9 Å². The van der Waals surface area contributed by atoms with Gasteiger partial charge in [0.05, 0.1) is 5.69 Å². The standard InChI is InChI=1S/C26H24N6/c1-17-8-9-21-19(16-29-24(21)13-17)10-12-28-25-14-23(20-6-4-11-27-15-20)31-26(32-25)22-7-3-5-18(2)30-22/h3-9,11,13-16,29H,10,12H2,1-2H3,(H,28,31,32). The van der Waals surface area contributed by atoms with E-state index in [1.165, 1.54) is 22.0 Å². The van der Waals surface area contributed by atoms with Crippen LogP contribution in [0.25, 0.3) is 33.7 Å². The number of nitrogens with one attached hydrogen (secondary N) is 2. The van der Waals surface area contributed by atoms with E-state index < -0.39 is 0 Å². The van der Waals surface area contributed by atoms with E-state index in [9.17, 15) is 0 Å². The van der Waals surface area contributed by atoms with Crippen LogP contribution in [0.4, 0.5) is 5.82 Å². The van der Waals surface area contributed by atoms with Crippen LogP contribution in [0.1, 0.15) is 16.8 Å². The van der Waals surface area contributed by atoms with E-state index >= 15 is 0 Å². The van der Waals surface area contributed by atoms with Crippen LogP contribution in [0.3, 0.4) is 0 Å². The van der Waals surface area contributed by atoms with Gasteiger partial charge in [-0.1, -0.05) is 18.2 Å². The largest absolute Gasteiger partial charge is 0.370 e. The third kappa shape index (κ3) is 4.21. The third-order valence-electron chi connectivity index (χ3n) is 5.42. The molecular formula is C26H24N6. The molecular weight excluding hydrogens is 396 g/mol. The van der Waals surface area contributed by atoms with E-state index in [1.807, 2.05) is 49.5 Å². The van der Waals surface area contributed by atoms with Gasteiger partial charge in [0.1, 0.15) is 11.5 Å². The second-order valence-electron chi connectivity index (χ2n) is 7.91. The van der Waals surface area contributed by atoms with Crippen molar-refractivity contribution in [3.8, 4) is 22.8 Å². The Bertz CT molecular complexity index is 1370. The maximum atomic E-state index is 4.76. The SMILES string of the molecule is Cc1ccc2c(CCNc3cc(-c4cccnc4)nc(-c4cccc(C)n4)n3)c[nH]c2c1.